The first-order valence-corrected chi connectivity index (χ1v) is 14.0. The topological polar surface area (TPSA) is 52.6 Å². The van der Waals surface area contributed by atoms with Gasteiger partial charge in [0.25, 0.3) is 0 Å². The van der Waals surface area contributed by atoms with Crippen LogP contribution in [0.3, 0.4) is 0 Å². The van der Waals surface area contributed by atoms with Crippen LogP contribution in [0.25, 0.3) is 0 Å². The van der Waals surface area contributed by atoms with Crippen molar-refractivity contribution in [3.05, 3.63) is 29.3 Å². The van der Waals surface area contributed by atoms with Gasteiger partial charge in [0, 0.05) is 12.8 Å². The zero-order valence-electron chi connectivity index (χ0n) is 22.3. The molecule has 0 fully saturated rings. The van der Waals surface area contributed by atoms with Crippen molar-refractivity contribution in [1.82, 2.24) is 0 Å². The molecule has 0 aromatic heterocycles. The molecule has 0 aliphatic heterocycles. The van der Waals surface area contributed by atoms with Gasteiger partial charge in [0.2, 0.25) is 0 Å². The van der Waals surface area contributed by atoms with Crippen molar-refractivity contribution in [2.75, 3.05) is 6.61 Å². The molecule has 0 spiro atoms. The van der Waals surface area contributed by atoms with E-state index >= 15 is 0 Å². The molecular formula is C30H50O4. The standard InChI is InChI=1S/C30H50O4/c1-4-5-6-7-8-9-10-13-16-19-24-33-29(31)20-17-14-11-12-15-18-21-30(32)34-28-25-26(2)22-23-27(28)3/h22-23,25H,4-21,24H2,1-3H3. The van der Waals surface area contributed by atoms with Gasteiger partial charge in [-0.05, 0) is 50.3 Å². The Bertz CT molecular complexity index is 668. The van der Waals surface area contributed by atoms with E-state index < -0.39 is 0 Å². The van der Waals surface area contributed by atoms with Crippen LogP contribution in [-0.4, -0.2) is 18.5 Å². The highest BCUT2D eigenvalue weighted by Gasteiger charge is 2.08. The van der Waals surface area contributed by atoms with Crippen LogP contribution in [0.1, 0.15) is 134 Å². The molecule has 194 valence electrons. The third-order valence-corrected chi connectivity index (χ3v) is 6.34. The minimum absolute atomic E-state index is 0.0508. The van der Waals surface area contributed by atoms with Crippen molar-refractivity contribution < 1.29 is 19.1 Å². The van der Waals surface area contributed by atoms with E-state index in [2.05, 4.69) is 6.92 Å². The minimum atomic E-state index is -0.154. The highest BCUT2D eigenvalue weighted by Crippen LogP contribution is 2.20. The molecule has 0 bridgehead atoms. The zero-order chi connectivity index (χ0) is 24.9. The molecule has 0 aliphatic carbocycles. The lowest BCUT2D eigenvalue weighted by Gasteiger charge is -2.08. The van der Waals surface area contributed by atoms with E-state index in [0.717, 1.165) is 56.1 Å². The molecule has 0 saturated carbocycles. The fraction of sp³-hybridized carbons (Fsp3) is 0.733. The smallest absolute Gasteiger partial charge is 0.311 e. The van der Waals surface area contributed by atoms with E-state index in [0.29, 0.717) is 25.2 Å². The molecule has 0 N–H and O–H groups in total. The Morgan fingerprint density at radius 3 is 1.74 bits per heavy atom. The average molecular weight is 475 g/mol. The number of hydrogen-bond acceptors (Lipinski definition) is 4. The number of unbranched alkanes of at least 4 members (excludes halogenated alkanes) is 14. The summed E-state index contributed by atoms with van der Waals surface area (Å²) in [6, 6.07) is 5.91. The zero-order valence-corrected chi connectivity index (χ0v) is 22.3. The molecule has 0 saturated heterocycles. The van der Waals surface area contributed by atoms with E-state index in [1.54, 1.807) is 0 Å². The van der Waals surface area contributed by atoms with Crippen molar-refractivity contribution >= 4 is 11.9 Å². The molecule has 0 radical (unpaired) electrons. The molecule has 1 rings (SSSR count). The lowest BCUT2D eigenvalue weighted by atomic mass is 10.1. The van der Waals surface area contributed by atoms with Crippen LogP contribution in [0.15, 0.2) is 18.2 Å². The van der Waals surface area contributed by atoms with E-state index in [4.69, 9.17) is 9.47 Å². The van der Waals surface area contributed by atoms with Crippen LogP contribution in [0, 0.1) is 13.8 Å². The molecule has 34 heavy (non-hydrogen) atoms. The third-order valence-electron chi connectivity index (χ3n) is 6.34. The van der Waals surface area contributed by atoms with Gasteiger partial charge >= 0.3 is 11.9 Å². The van der Waals surface area contributed by atoms with Crippen molar-refractivity contribution in [3.8, 4) is 5.75 Å². The van der Waals surface area contributed by atoms with Gasteiger partial charge in [-0.1, -0.05) is 103 Å². The summed E-state index contributed by atoms with van der Waals surface area (Å²) in [6.45, 7) is 6.78. The first-order chi connectivity index (χ1) is 16.5. The van der Waals surface area contributed by atoms with Gasteiger partial charge in [-0.3, -0.25) is 9.59 Å². The summed E-state index contributed by atoms with van der Waals surface area (Å²) in [6.07, 6.45) is 19.9. The number of hydrogen-bond donors (Lipinski definition) is 0. The third kappa shape index (κ3) is 16.7. The number of aryl methyl sites for hydroxylation is 2. The van der Waals surface area contributed by atoms with Gasteiger partial charge in [-0.25, -0.2) is 0 Å². The maximum atomic E-state index is 12.0. The molecule has 0 aliphatic rings. The quantitative estimate of drug-likeness (QED) is 0.101. The number of carbonyl (C=O) groups is 2. The van der Waals surface area contributed by atoms with Gasteiger partial charge in [-0.2, -0.15) is 0 Å². The molecule has 4 heteroatoms. The molecule has 0 heterocycles. The molecular weight excluding hydrogens is 424 g/mol. The summed E-state index contributed by atoms with van der Waals surface area (Å²) < 4.78 is 10.8. The van der Waals surface area contributed by atoms with Gasteiger partial charge in [0.1, 0.15) is 5.75 Å². The number of benzene rings is 1. The van der Waals surface area contributed by atoms with E-state index in [9.17, 15) is 9.59 Å². The highest BCUT2D eigenvalue weighted by atomic mass is 16.5. The summed E-state index contributed by atoms with van der Waals surface area (Å²) in [5, 5.41) is 0. The SMILES string of the molecule is CCCCCCCCCCCCOC(=O)CCCCCCCCC(=O)Oc1cc(C)ccc1C. The van der Waals surface area contributed by atoms with Crippen molar-refractivity contribution in [2.24, 2.45) is 0 Å². The maximum Gasteiger partial charge on any atom is 0.311 e. The Morgan fingerprint density at radius 1 is 0.647 bits per heavy atom. The van der Waals surface area contributed by atoms with E-state index in [-0.39, 0.29) is 11.9 Å². The first-order valence-electron chi connectivity index (χ1n) is 14.0. The van der Waals surface area contributed by atoms with Crippen molar-refractivity contribution in [1.29, 1.82) is 0 Å². The molecule has 4 nitrogen and oxygen atoms in total. The number of esters is 2. The van der Waals surface area contributed by atoms with Crippen LogP contribution >= 0.6 is 0 Å². The van der Waals surface area contributed by atoms with Crippen LogP contribution in [-0.2, 0) is 14.3 Å². The predicted octanol–water partition coefficient (Wildman–Crippen LogP) is 8.79. The van der Waals surface area contributed by atoms with Crippen molar-refractivity contribution in [2.45, 2.75) is 136 Å². The molecule has 1 aromatic carbocycles. The molecule has 1 aromatic rings. The highest BCUT2D eigenvalue weighted by molar-refractivity contribution is 5.72. The number of ether oxygens (including phenoxy) is 2. The maximum absolute atomic E-state index is 12.0. The normalized spacial score (nSPS) is 10.9. The summed E-state index contributed by atoms with van der Waals surface area (Å²) >= 11 is 0. The summed E-state index contributed by atoms with van der Waals surface area (Å²) in [4.78, 5) is 23.9. The fourth-order valence-corrected chi connectivity index (χ4v) is 4.08. The van der Waals surface area contributed by atoms with E-state index in [1.165, 1.54) is 57.8 Å². The molecule has 0 atom stereocenters. The Labute approximate surface area is 209 Å². The summed E-state index contributed by atoms with van der Waals surface area (Å²) in [5.74, 6) is 0.467. The van der Waals surface area contributed by atoms with Gasteiger partial charge < -0.3 is 9.47 Å². The number of rotatable bonds is 21. The summed E-state index contributed by atoms with van der Waals surface area (Å²) in [7, 11) is 0. The molecule has 0 unspecified atom stereocenters. The van der Waals surface area contributed by atoms with Crippen LogP contribution < -0.4 is 4.74 Å². The monoisotopic (exact) mass is 474 g/mol. The van der Waals surface area contributed by atoms with Crippen LogP contribution in [0.4, 0.5) is 0 Å². The van der Waals surface area contributed by atoms with Crippen molar-refractivity contribution in [3.63, 3.8) is 0 Å². The van der Waals surface area contributed by atoms with Crippen LogP contribution in [0.2, 0.25) is 0 Å². The number of carbonyl (C=O) groups excluding carboxylic acids is 2. The predicted molar refractivity (Wildman–Crippen MR) is 141 cm³/mol. The van der Waals surface area contributed by atoms with Gasteiger partial charge in [0.15, 0.2) is 0 Å². The Balaban J connectivity index is 1.86. The van der Waals surface area contributed by atoms with Gasteiger partial charge in [-0.15, -0.1) is 0 Å². The van der Waals surface area contributed by atoms with E-state index in [1.807, 2.05) is 32.0 Å². The second kappa shape index (κ2) is 20.5. The first kappa shape index (κ1) is 30.2. The second-order valence-corrected chi connectivity index (χ2v) is 9.77. The van der Waals surface area contributed by atoms with Gasteiger partial charge in [0.05, 0.1) is 6.61 Å². The second-order valence-electron chi connectivity index (χ2n) is 9.77. The lowest BCUT2D eigenvalue weighted by molar-refractivity contribution is -0.144. The largest absolute Gasteiger partial charge is 0.466 e. The summed E-state index contributed by atoms with van der Waals surface area (Å²) in [5.41, 5.74) is 2.08. The Hall–Kier alpha value is -1.84. The van der Waals surface area contributed by atoms with Crippen LogP contribution in [0.5, 0.6) is 5.75 Å². The fourth-order valence-electron chi connectivity index (χ4n) is 4.08. The lowest BCUT2D eigenvalue weighted by Crippen LogP contribution is -2.08. The Morgan fingerprint density at radius 2 is 1.15 bits per heavy atom. The Kier molecular flexibility index (Phi) is 18.2. The minimum Gasteiger partial charge on any atom is -0.466 e. The average Bonchev–Trinajstić information content (AvgIpc) is 2.81. The molecule has 0 amide bonds.